The number of anilines is 1. The van der Waals surface area contributed by atoms with E-state index >= 15 is 0 Å². The Morgan fingerprint density at radius 1 is 1.14 bits per heavy atom. The lowest BCUT2D eigenvalue weighted by molar-refractivity contribution is -0.384. The van der Waals surface area contributed by atoms with Crippen LogP contribution in [0.15, 0.2) is 48.5 Å². The lowest BCUT2D eigenvalue weighted by Gasteiger charge is -2.28. The summed E-state index contributed by atoms with van der Waals surface area (Å²) in [6, 6.07) is 13.8. The molecule has 1 saturated carbocycles. The third kappa shape index (κ3) is 4.16. The number of nitro groups is 1. The molecule has 0 heterocycles. The standard InChI is InChI=1S/C22H26N2O4/c1-3-16(2)28-20-12-8-18(9-13-20)23-21(25)22(14-4-5-15-22)17-6-10-19(11-7-17)24(26)27/h6-13,16H,3-5,14-15H2,1-2H3,(H,23,25)/t16-/m0/s1. The summed E-state index contributed by atoms with van der Waals surface area (Å²) < 4.78 is 5.78. The minimum Gasteiger partial charge on any atom is -0.491 e. The lowest BCUT2D eigenvalue weighted by atomic mass is 9.78. The average molecular weight is 382 g/mol. The van der Waals surface area contributed by atoms with Crippen LogP contribution < -0.4 is 10.1 Å². The maximum atomic E-state index is 13.2. The van der Waals surface area contributed by atoms with E-state index in [0.29, 0.717) is 0 Å². The van der Waals surface area contributed by atoms with Crippen molar-refractivity contribution in [1.82, 2.24) is 0 Å². The number of non-ortho nitro benzene ring substituents is 1. The Balaban J connectivity index is 1.77. The highest BCUT2D eigenvalue weighted by Crippen LogP contribution is 2.42. The van der Waals surface area contributed by atoms with Crippen LogP contribution in [0.25, 0.3) is 0 Å². The largest absolute Gasteiger partial charge is 0.491 e. The Hall–Kier alpha value is -2.89. The maximum absolute atomic E-state index is 13.2. The third-order valence-corrected chi connectivity index (χ3v) is 5.55. The van der Waals surface area contributed by atoms with Crippen LogP contribution in [0.4, 0.5) is 11.4 Å². The Kier molecular flexibility index (Phi) is 5.97. The highest BCUT2D eigenvalue weighted by Gasteiger charge is 2.42. The Bertz CT molecular complexity index is 825. The van der Waals surface area contributed by atoms with Crippen LogP contribution in [-0.2, 0) is 10.2 Å². The van der Waals surface area contributed by atoms with Gasteiger partial charge in [0.1, 0.15) is 5.75 Å². The summed E-state index contributed by atoms with van der Waals surface area (Å²) in [6.45, 7) is 4.09. The molecule has 0 unspecified atom stereocenters. The molecule has 0 aromatic heterocycles. The molecule has 1 fully saturated rings. The van der Waals surface area contributed by atoms with Crippen LogP contribution in [-0.4, -0.2) is 16.9 Å². The number of ether oxygens (including phenoxy) is 1. The van der Waals surface area contributed by atoms with Gasteiger partial charge in [-0.2, -0.15) is 0 Å². The lowest BCUT2D eigenvalue weighted by Crippen LogP contribution is -2.38. The van der Waals surface area contributed by atoms with E-state index in [1.165, 1.54) is 12.1 Å². The molecule has 0 aliphatic heterocycles. The molecule has 1 amide bonds. The Morgan fingerprint density at radius 3 is 2.29 bits per heavy atom. The molecule has 0 radical (unpaired) electrons. The van der Waals surface area contributed by atoms with Gasteiger partial charge in [0.05, 0.1) is 16.4 Å². The van der Waals surface area contributed by atoms with Crippen molar-refractivity contribution in [3.8, 4) is 5.75 Å². The average Bonchev–Trinajstić information content (AvgIpc) is 3.20. The number of rotatable bonds is 7. The zero-order chi connectivity index (χ0) is 20.1. The molecule has 1 atom stereocenters. The van der Waals surface area contributed by atoms with E-state index in [9.17, 15) is 14.9 Å². The maximum Gasteiger partial charge on any atom is 0.269 e. The molecule has 2 aromatic carbocycles. The van der Waals surface area contributed by atoms with Gasteiger partial charge in [0, 0.05) is 17.8 Å². The van der Waals surface area contributed by atoms with Crippen LogP contribution in [0, 0.1) is 10.1 Å². The van der Waals surface area contributed by atoms with Crippen molar-refractivity contribution in [2.45, 2.75) is 57.5 Å². The quantitative estimate of drug-likeness (QED) is 0.525. The first-order valence-corrected chi connectivity index (χ1v) is 9.78. The molecule has 1 N–H and O–H groups in total. The zero-order valence-electron chi connectivity index (χ0n) is 16.3. The smallest absolute Gasteiger partial charge is 0.269 e. The fraction of sp³-hybridized carbons (Fsp3) is 0.409. The summed E-state index contributed by atoms with van der Waals surface area (Å²) in [5, 5.41) is 13.9. The van der Waals surface area contributed by atoms with Gasteiger partial charge in [-0.25, -0.2) is 0 Å². The second-order valence-electron chi connectivity index (χ2n) is 7.41. The normalized spacial score (nSPS) is 16.4. The first-order chi connectivity index (χ1) is 13.4. The molecule has 0 spiro atoms. The van der Waals surface area contributed by atoms with Crippen molar-refractivity contribution in [3.63, 3.8) is 0 Å². The highest BCUT2D eigenvalue weighted by atomic mass is 16.6. The Morgan fingerprint density at radius 2 is 1.75 bits per heavy atom. The molecule has 1 aliphatic carbocycles. The van der Waals surface area contributed by atoms with E-state index in [2.05, 4.69) is 12.2 Å². The van der Waals surface area contributed by atoms with Crippen molar-refractivity contribution < 1.29 is 14.5 Å². The minimum atomic E-state index is -0.638. The van der Waals surface area contributed by atoms with E-state index in [0.717, 1.165) is 49.1 Å². The fourth-order valence-corrected chi connectivity index (χ4v) is 3.71. The number of hydrogen-bond acceptors (Lipinski definition) is 4. The van der Waals surface area contributed by atoms with Crippen LogP contribution in [0.3, 0.4) is 0 Å². The molecule has 28 heavy (non-hydrogen) atoms. The number of nitrogens with one attached hydrogen (secondary N) is 1. The number of nitrogens with zero attached hydrogens (tertiary/aromatic N) is 1. The van der Waals surface area contributed by atoms with Gasteiger partial charge in [0.15, 0.2) is 0 Å². The van der Waals surface area contributed by atoms with E-state index < -0.39 is 10.3 Å². The fourth-order valence-electron chi connectivity index (χ4n) is 3.71. The van der Waals surface area contributed by atoms with Gasteiger partial charge in [-0.15, -0.1) is 0 Å². The second kappa shape index (κ2) is 8.42. The molecule has 1 aliphatic rings. The number of benzene rings is 2. The second-order valence-corrected chi connectivity index (χ2v) is 7.41. The summed E-state index contributed by atoms with van der Waals surface area (Å²) in [5.74, 6) is 0.716. The van der Waals surface area contributed by atoms with Crippen molar-refractivity contribution in [2.24, 2.45) is 0 Å². The van der Waals surface area contributed by atoms with Crippen molar-refractivity contribution in [1.29, 1.82) is 0 Å². The van der Waals surface area contributed by atoms with Crippen LogP contribution >= 0.6 is 0 Å². The topological polar surface area (TPSA) is 81.5 Å². The van der Waals surface area contributed by atoms with Gasteiger partial charge in [-0.1, -0.05) is 31.9 Å². The van der Waals surface area contributed by atoms with Crippen LogP contribution in [0.2, 0.25) is 0 Å². The number of carbonyl (C=O) groups excluding carboxylic acids is 1. The molecule has 148 valence electrons. The molecule has 2 aromatic rings. The first kappa shape index (κ1) is 19.9. The molecule has 6 nitrogen and oxygen atoms in total. The summed E-state index contributed by atoms with van der Waals surface area (Å²) in [6.07, 6.45) is 4.48. The summed E-state index contributed by atoms with van der Waals surface area (Å²) in [4.78, 5) is 23.7. The SMILES string of the molecule is CC[C@H](C)Oc1ccc(NC(=O)C2(c3ccc([N+](=O)[O-])cc3)CCCC2)cc1. The van der Waals surface area contributed by atoms with E-state index in [1.54, 1.807) is 12.1 Å². The van der Waals surface area contributed by atoms with E-state index in [4.69, 9.17) is 4.74 Å². The first-order valence-electron chi connectivity index (χ1n) is 9.78. The number of nitro benzene ring substituents is 1. The van der Waals surface area contributed by atoms with E-state index in [-0.39, 0.29) is 17.7 Å². The van der Waals surface area contributed by atoms with E-state index in [1.807, 2.05) is 31.2 Å². The molecule has 0 saturated heterocycles. The highest BCUT2D eigenvalue weighted by molar-refractivity contribution is 5.99. The van der Waals surface area contributed by atoms with Crippen molar-refractivity contribution in [2.75, 3.05) is 5.32 Å². The molecule has 3 rings (SSSR count). The van der Waals surface area contributed by atoms with Gasteiger partial charge in [0.2, 0.25) is 5.91 Å². The van der Waals surface area contributed by atoms with Crippen LogP contribution in [0.1, 0.15) is 51.5 Å². The molecular formula is C22H26N2O4. The number of hydrogen-bond donors (Lipinski definition) is 1. The van der Waals surface area contributed by atoms with Crippen molar-refractivity contribution >= 4 is 17.3 Å². The third-order valence-electron chi connectivity index (χ3n) is 5.55. The van der Waals surface area contributed by atoms with Gasteiger partial charge < -0.3 is 10.1 Å². The summed E-state index contributed by atoms with van der Waals surface area (Å²) in [7, 11) is 0. The molecule has 0 bridgehead atoms. The van der Waals surface area contributed by atoms with Gasteiger partial charge in [-0.05, 0) is 56.0 Å². The van der Waals surface area contributed by atoms with Gasteiger partial charge >= 0.3 is 0 Å². The summed E-state index contributed by atoms with van der Waals surface area (Å²) >= 11 is 0. The zero-order valence-corrected chi connectivity index (χ0v) is 16.3. The van der Waals surface area contributed by atoms with Gasteiger partial charge in [0.25, 0.3) is 5.69 Å². The van der Waals surface area contributed by atoms with Crippen LogP contribution in [0.5, 0.6) is 5.75 Å². The minimum absolute atomic E-state index is 0.0363. The van der Waals surface area contributed by atoms with Crippen molar-refractivity contribution in [3.05, 3.63) is 64.2 Å². The Labute approximate surface area is 165 Å². The van der Waals surface area contributed by atoms with Gasteiger partial charge in [-0.3, -0.25) is 14.9 Å². The number of carbonyl (C=O) groups is 1. The number of amides is 1. The monoisotopic (exact) mass is 382 g/mol. The molecule has 6 heteroatoms. The predicted molar refractivity (Wildman–Crippen MR) is 109 cm³/mol. The predicted octanol–water partition coefficient (Wildman–Crippen LogP) is 5.22. The molecular weight excluding hydrogens is 356 g/mol. The summed E-state index contributed by atoms with van der Waals surface area (Å²) in [5.41, 5.74) is 0.954.